The van der Waals surface area contributed by atoms with Crippen LogP contribution in [0.3, 0.4) is 0 Å². The normalized spacial score (nSPS) is 22.4. The lowest BCUT2D eigenvalue weighted by atomic mass is 10.1. The maximum absolute atomic E-state index is 12.3. The van der Waals surface area contributed by atoms with Gasteiger partial charge in [-0.3, -0.25) is 9.69 Å². The second-order valence-corrected chi connectivity index (χ2v) is 6.63. The summed E-state index contributed by atoms with van der Waals surface area (Å²) >= 11 is 0. The molecule has 6 heteroatoms. The molecule has 1 N–H and O–H groups in total. The Hall–Kier alpha value is -1.79. The second-order valence-electron chi connectivity index (χ2n) is 6.63. The summed E-state index contributed by atoms with van der Waals surface area (Å²) in [6, 6.07) is 8.20. The predicted molar refractivity (Wildman–Crippen MR) is 98.2 cm³/mol. The Morgan fingerprint density at radius 2 is 1.92 bits per heavy atom. The molecular weight excluding hydrogens is 318 g/mol. The van der Waals surface area contributed by atoms with Crippen LogP contribution in [-0.4, -0.2) is 69.9 Å². The van der Waals surface area contributed by atoms with Crippen LogP contribution < -0.4 is 15.0 Å². The van der Waals surface area contributed by atoms with E-state index >= 15 is 0 Å². The first-order valence-electron chi connectivity index (χ1n) is 9.27. The minimum atomic E-state index is 0.0397. The molecule has 2 heterocycles. The fourth-order valence-electron chi connectivity index (χ4n) is 3.62. The van der Waals surface area contributed by atoms with Gasteiger partial charge in [0.25, 0.3) is 0 Å². The summed E-state index contributed by atoms with van der Waals surface area (Å²) in [5, 5.41) is 3.05. The van der Waals surface area contributed by atoms with E-state index in [-0.39, 0.29) is 11.9 Å². The Kier molecular flexibility index (Phi) is 6.53. The summed E-state index contributed by atoms with van der Waals surface area (Å²) in [6.07, 6.45) is 3.19. The van der Waals surface area contributed by atoms with Crippen molar-refractivity contribution in [2.45, 2.75) is 25.3 Å². The van der Waals surface area contributed by atoms with Crippen LogP contribution in [-0.2, 0) is 9.53 Å². The molecule has 6 nitrogen and oxygen atoms in total. The van der Waals surface area contributed by atoms with Crippen LogP contribution >= 0.6 is 0 Å². The number of ether oxygens (including phenoxy) is 2. The van der Waals surface area contributed by atoms with Crippen molar-refractivity contribution < 1.29 is 14.3 Å². The van der Waals surface area contributed by atoms with Crippen molar-refractivity contribution in [3.05, 3.63) is 24.3 Å². The molecule has 3 rings (SSSR count). The molecule has 0 spiro atoms. The quantitative estimate of drug-likeness (QED) is 0.791. The zero-order valence-electron chi connectivity index (χ0n) is 15.1. The van der Waals surface area contributed by atoms with E-state index in [0.29, 0.717) is 13.2 Å². The highest BCUT2D eigenvalue weighted by Crippen LogP contribution is 2.29. The van der Waals surface area contributed by atoms with E-state index in [2.05, 4.69) is 21.2 Å². The molecule has 25 heavy (non-hydrogen) atoms. The molecule has 1 aromatic rings. The molecular formula is C19H29N3O3. The molecule has 0 bridgehead atoms. The number of hydrogen-bond donors (Lipinski definition) is 1. The van der Waals surface area contributed by atoms with E-state index in [1.165, 1.54) is 0 Å². The molecule has 138 valence electrons. The van der Waals surface area contributed by atoms with Crippen LogP contribution in [0.4, 0.5) is 5.69 Å². The number of piperazine rings is 1. The number of nitrogens with one attached hydrogen (secondary N) is 1. The van der Waals surface area contributed by atoms with Crippen molar-refractivity contribution in [2.75, 3.05) is 57.9 Å². The van der Waals surface area contributed by atoms with Crippen molar-refractivity contribution >= 4 is 11.6 Å². The first-order valence-corrected chi connectivity index (χ1v) is 9.27. The van der Waals surface area contributed by atoms with Gasteiger partial charge in [0, 0.05) is 39.8 Å². The third-order valence-electron chi connectivity index (χ3n) is 5.01. The molecule has 1 aromatic carbocycles. The maximum Gasteiger partial charge on any atom is 0.237 e. The van der Waals surface area contributed by atoms with Gasteiger partial charge in [-0.2, -0.15) is 0 Å². The predicted octanol–water partition coefficient (Wildman–Crippen LogP) is 1.50. The number of nitrogens with zero attached hydrogens (tertiary/aromatic N) is 2. The summed E-state index contributed by atoms with van der Waals surface area (Å²) in [5.74, 6) is 1.11. The topological polar surface area (TPSA) is 54.0 Å². The summed E-state index contributed by atoms with van der Waals surface area (Å²) in [6.45, 7) is 5.59. The number of carbonyl (C=O) groups is 1. The number of anilines is 1. The third-order valence-corrected chi connectivity index (χ3v) is 5.01. The molecule has 1 atom stereocenters. The lowest BCUT2D eigenvalue weighted by Gasteiger charge is -2.39. The zero-order valence-corrected chi connectivity index (χ0v) is 15.1. The minimum Gasteiger partial charge on any atom is -0.489 e. The van der Waals surface area contributed by atoms with Crippen molar-refractivity contribution in [3.8, 4) is 5.75 Å². The van der Waals surface area contributed by atoms with Gasteiger partial charge in [-0.15, -0.1) is 0 Å². The number of carbonyl (C=O) groups excluding carboxylic acids is 1. The standard InChI is InChI=1S/C19H29N3O3/c1-24-14-15-25-18-8-3-2-6-16(18)21-10-12-22(13-11-21)17-7-4-5-9-20-19(17)23/h2-3,6,8,17H,4-5,7,9-15H2,1H3,(H,20,23)/t17-/m1/s1. The molecule has 0 aliphatic carbocycles. The minimum absolute atomic E-state index is 0.0397. The van der Waals surface area contributed by atoms with Crippen molar-refractivity contribution in [1.29, 1.82) is 0 Å². The van der Waals surface area contributed by atoms with E-state index in [4.69, 9.17) is 9.47 Å². The molecule has 0 saturated carbocycles. The Labute approximate surface area is 150 Å². The summed E-state index contributed by atoms with van der Waals surface area (Å²) in [7, 11) is 1.68. The van der Waals surface area contributed by atoms with Crippen LogP contribution in [0, 0.1) is 0 Å². The Morgan fingerprint density at radius 3 is 2.72 bits per heavy atom. The third kappa shape index (κ3) is 4.64. The average Bonchev–Trinajstić information content (AvgIpc) is 2.87. The largest absolute Gasteiger partial charge is 0.489 e. The number of amides is 1. The monoisotopic (exact) mass is 347 g/mol. The SMILES string of the molecule is COCCOc1ccccc1N1CCN([C@@H]2CCCCNC2=O)CC1. The zero-order chi connectivity index (χ0) is 17.5. The highest BCUT2D eigenvalue weighted by molar-refractivity contribution is 5.82. The van der Waals surface area contributed by atoms with Crippen LogP contribution in [0.15, 0.2) is 24.3 Å². The molecule has 2 aliphatic rings. The van der Waals surface area contributed by atoms with E-state index in [1.54, 1.807) is 7.11 Å². The molecule has 0 unspecified atom stereocenters. The van der Waals surface area contributed by atoms with Crippen molar-refractivity contribution in [2.24, 2.45) is 0 Å². The number of hydrogen-bond acceptors (Lipinski definition) is 5. The van der Waals surface area contributed by atoms with Gasteiger partial charge in [0.1, 0.15) is 12.4 Å². The van der Waals surface area contributed by atoms with Crippen LogP contribution in [0.25, 0.3) is 0 Å². The molecule has 2 aliphatic heterocycles. The first-order chi connectivity index (χ1) is 12.3. The molecule has 0 radical (unpaired) electrons. The maximum atomic E-state index is 12.3. The molecule has 1 amide bonds. The van der Waals surface area contributed by atoms with Crippen LogP contribution in [0.5, 0.6) is 5.75 Å². The fourth-order valence-corrected chi connectivity index (χ4v) is 3.62. The summed E-state index contributed by atoms with van der Waals surface area (Å²) in [5.41, 5.74) is 1.13. The average molecular weight is 347 g/mol. The number of methoxy groups -OCH3 is 1. The first kappa shape index (κ1) is 18.0. The fraction of sp³-hybridized carbons (Fsp3) is 0.632. The number of rotatable bonds is 6. The van der Waals surface area contributed by atoms with Gasteiger partial charge in [0.05, 0.1) is 18.3 Å². The Bertz CT molecular complexity index is 559. The van der Waals surface area contributed by atoms with Crippen LogP contribution in [0.1, 0.15) is 19.3 Å². The van der Waals surface area contributed by atoms with E-state index in [9.17, 15) is 4.79 Å². The second kappa shape index (κ2) is 9.06. The van der Waals surface area contributed by atoms with Crippen LogP contribution in [0.2, 0.25) is 0 Å². The highest BCUT2D eigenvalue weighted by atomic mass is 16.5. The van der Waals surface area contributed by atoms with Crippen molar-refractivity contribution in [3.63, 3.8) is 0 Å². The molecule has 0 aromatic heterocycles. The van der Waals surface area contributed by atoms with Gasteiger partial charge in [-0.1, -0.05) is 12.1 Å². The smallest absolute Gasteiger partial charge is 0.237 e. The Balaban J connectivity index is 1.59. The molecule has 2 fully saturated rings. The van der Waals surface area contributed by atoms with Gasteiger partial charge in [-0.25, -0.2) is 0 Å². The van der Waals surface area contributed by atoms with Gasteiger partial charge >= 0.3 is 0 Å². The highest BCUT2D eigenvalue weighted by Gasteiger charge is 2.30. The van der Waals surface area contributed by atoms with Gasteiger partial charge in [0.15, 0.2) is 0 Å². The van der Waals surface area contributed by atoms with E-state index in [0.717, 1.165) is 63.4 Å². The van der Waals surface area contributed by atoms with Crippen molar-refractivity contribution in [1.82, 2.24) is 10.2 Å². The Morgan fingerprint density at radius 1 is 1.12 bits per heavy atom. The number of para-hydroxylation sites is 2. The van der Waals surface area contributed by atoms with Gasteiger partial charge in [0.2, 0.25) is 5.91 Å². The van der Waals surface area contributed by atoms with Gasteiger partial charge in [-0.05, 0) is 31.4 Å². The lowest BCUT2D eigenvalue weighted by Crippen LogP contribution is -2.54. The van der Waals surface area contributed by atoms with Gasteiger partial charge < -0.3 is 19.7 Å². The number of benzene rings is 1. The summed E-state index contributed by atoms with van der Waals surface area (Å²) in [4.78, 5) is 17.0. The molecule has 2 saturated heterocycles. The summed E-state index contributed by atoms with van der Waals surface area (Å²) < 4.78 is 10.9. The van der Waals surface area contributed by atoms with E-state index in [1.807, 2.05) is 18.2 Å². The lowest BCUT2D eigenvalue weighted by molar-refractivity contribution is -0.126. The van der Waals surface area contributed by atoms with E-state index < -0.39 is 0 Å².